The van der Waals surface area contributed by atoms with E-state index in [9.17, 15) is 0 Å². The monoisotopic (exact) mass is 282 g/mol. The van der Waals surface area contributed by atoms with Gasteiger partial charge in [-0.3, -0.25) is 4.98 Å². The van der Waals surface area contributed by atoms with Crippen molar-refractivity contribution in [2.45, 2.75) is 45.4 Å². The average Bonchev–Trinajstić information content (AvgIpc) is 2.53. The molecule has 1 saturated heterocycles. The summed E-state index contributed by atoms with van der Waals surface area (Å²) in [6.45, 7) is 8.21. The number of hydrogen-bond donors (Lipinski definition) is 0. The van der Waals surface area contributed by atoms with Crippen LogP contribution < -0.4 is 0 Å². The van der Waals surface area contributed by atoms with Crippen LogP contribution in [0.4, 0.5) is 0 Å². The Morgan fingerprint density at radius 2 is 1.90 bits per heavy atom. The Balaban J connectivity index is 1.78. The molecule has 112 valence electrons. The van der Waals surface area contributed by atoms with Crippen molar-refractivity contribution in [3.63, 3.8) is 0 Å². The van der Waals surface area contributed by atoms with Gasteiger partial charge in [0.1, 0.15) is 0 Å². The second-order valence-electron chi connectivity index (χ2n) is 6.56. The molecule has 0 amide bonds. The third kappa shape index (κ3) is 3.44. The van der Waals surface area contributed by atoms with Gasteiger partial charge < -0.3 is 4.90 Å². The highest BCUT2D eigenvalue weighted by Crippen LogP contribution is 2.24. The number of pyridine rings is 1. The van der Waals surface area contributed by atoms with Gasteiger partial charge in [-0.15, -0.1) is 0 Å². The van der Waals surface area contributed by atoms with Gasteiger partial charge in [-0.25, -0.2) is 0 Å². The van der Waals surface area contributed by atoms with Crippen LogP contribution in [-0.2, 0) is 6.42 Å². The summed E-state index contributed by atoms with van der Waals surface area (Å²) in [5.74, 6) is 0.478. The van der Waals surface area contributed by atoms with Crippen molar-refractivity contribution < 1.29 is 0 Å². The molecule has 0 radical (unpaired) electrons. The highest BCUT2D eigenvalue weighted by molar-refractivity contribution is 5.85. The fourth-order valence-electron chi connectivity index (χ4n) is 3.32. The van der Waals surface area contributed by atoms with Gasteiger partial charge >= 0.3 is 0 Å². The van der Waals surface area contributed by atoms with E-state index in [-0.39, 0.29) is 0 Å². The maximum Gasteiger partial charge on any atom is 0.0507 e. The van der Waals surface area contributed by atoms with E-state index < -0.39 is 0 Å². The molecule has 1 fully saturated rings. The lowest BCUT2D eigenvalue weighted by Gasteiger charge is -2.26. The van der Waals surface area contributed by atoms with Gasteiger partial charge in [0.2, 0.25) is 0 Å². The van der Waals surface area contributed by atoms with E-state index in [1.807, 2.05) is 6.20 Å². The molecule has 1 aromatic heterocycles. The van der Waals surface area contributed by atoms with Gasteiger partial charge in [0, 0.05) is 18.1 Å². The van der Waals surface area contributed by atoms with Crippen molar-refractivity contribution in [3.05, 3.63) is 41.7 Å². The fraction of sp³-hybridized carbons (Fsp3) is 0.526. The second kappa shape index (κ2) is 6.57. The molecule has 2 heterocycles. The molecule has 0 spiro atoms. The lowest BCUT2D eigenvalue weighted by atomic mass is 9.99. The van der Waals surface area contributed by atoms with E-state index >= 15 is 0 Å². The third-order valence-electron chi connectivity index (χ3n) is 4.57. The second-order valence-corrected chi connectivity index (χ2v) is 6.56. The molecular formula is C19H26N2. The van der Waals surface area contributed by atoms with Crippen LogP contribution in [0, 0.1) is 0 Å². The third-order valence-corrected chi connectivity index (χ3v) is 4.57. The summed E-state index contributed by atoms with van der Waals surface area (Å²) in [6, 6.07) is 9.03. The normalized spacial score (nSPS) is 16.7. The maximum absolute atomic E-state index is 4.59. The predicted molar refractivity (Wildman–Crippen MR) is 89.8 cm³/mol. The van der Waals surface area contributed by atoms with Crippen LogP contribution in [-0.4, -0.2) is 29.5 Å². The van der Waals surface area contributed by atoms with Crippen molar-refractivity contribution in [2.75, 3.05) is 19.6 Å². The van der Waals surface area contributed by atoms with Gasteiger partial charge in [-0.05, 0) is 61.4 Å². The van der Waals surface area contributed by atoms with E-state index in [4.69, 9.17) is 0 Å². The summed E-state index contributed by atoms with van der Waals surface area (Å²) in [4.78, 5) is 7.20. The number of nitrogens with zero attached hydrogens (tertiary/aromatic N) is 2. The van der Waals surface area contributed by atoms with Crippen molar-refractivity contribution in [1.82, 2.24) is 9.88 Å². The standard InChI is InChI=1S/C19H26N2/c1-15(2)19-18-14-16(6-7-17(18)8-10-20-19)9-13-21-11-4-3-5-12-21/h6-8,10,14-15H,3-5,9,11-13H2,1-2H3. The Morgan fingerprint density at radius 3 is 2.67 bits per heavy atom. The number of rotatable bonds is 4. The molecule has 0 N–H and O–H groups in total. The van der Waals surface area contributed by atoms with E-state index in [2.05, 4.69) is 48.0 Å². The van der Waals surface area contributed by atoms with E-state index in [1.165, 1.54) is 60.9 Å². The Labute approximate surface area is 128 Å². The molecule has 3 rings (SSSR count). The summed E-state index contributed by atoms with van der Waals surface area (Å²) in [5.41, 5.74) is 2.68. The van der Waals surface area contributed by atoms with Gasteiger partial charge in [0.25, 0.3) is 0 Å². The van der Waals surface area contributed by atoms with Crippen LogP contribution >= 0.6 is 0 Å². The van der Waals surface area contributed by atoms with Crippen LogP contribution in [0.1, 0.15) is 50.3 Å². The molecule has 1 aliphatic heterocycles. The number of hydrogen-bond acceptors (Lipinski definition) is 2. The van der Waals surface area contributed by atoms with Gasteiger partial charge in [0.15, 0.2) is 0 Å². The van der Waals surface area contributed by atoms with Crippen LogP contribution in [0.2, 0.25) is 0 Å². The minimum absolute atomic E-state index is 0.478. The molecule has 1 aliphatic rings. The topological polar surface area (TPSA) is 16.1 Å². The van der Waals surface area contributed by atoms with Crippen LogP contribution in [0.5, 0.6) is 0 Å². The Bertz CT molecular complexity index is 598. The number of likely N-dealkylation sites (tertiary alicyclic amines) is 1. The molecule has 2 nitrogen and oxygen atoms in total. The summed E-state index contributed by atoms with van der Waals surface area (Å²) >= 11 is 0. The van der Waals surface area contributed by atoms with Crippen LogP contribution in [0.3, 0.4) is 0 Å². The van der Waals surface area contributed by atoms with E-state index in [0.29, 0.717) is 5.92 Å². The van der Waals surface area contributed by atoms with Crippen molar-refractivity contribution in [2.24, 2.45) is 0 Å². The number of fused-ring (bicyclic) bond motifs is 1. The summed E-state index contributed by atoms with van der Waals surface area (Å²) in [6.07, 6.45) is 7.25. The first kappa shape index (κ1) is 14.5. The highest BCUT2D eigenvalue weighted by atomic mass is 15.1. The minimum atomic E-state index is 0.478. The molecule has 1 aromatic carbocycles. The lowest BCUT2D eigenvalue weighted by molar-refractivity contribution is 0.231. The zero-order valence-corrected chi connectivity index (χ0v) is 13.3. The number of piperidine rings is 1. The van der Waals surface area contributed by atoms with Crippen LogP contribution in [0.15, 0.2) is 30.5 Å². The molecule has 0 saturated carbocycles. The Kier molecular flexibility index (Phi) is 4.54. The molecule has 21 heavy (non-hydrogen) atoms. The Morgan fingerprint density at radius 1 is 1.10 bits per heavy atom. The largest absolute Gasteiger partial charge is 0.303 e. The van der Waals surface area contributed by atoms with Gasteiger partial charge in [-0.2, -0.15) is 0 Å². The molecule has 0 unspecified atom stereocenters. The first-order chi connectivity index (χ1) is 10.2. The lowest BCUT2D eigenvalue weighted by Crippen LogP contribution is -2.31. The average molecular weight is 282 g/mol. The quantitative estimate of drug-likeness (QED) is 0.827. The van der Waals surface area contributed by atoms with E-state index in [1.54, 1.807) is 0 Å². The molecule has 0 atom stereocenters. The van der Waals surface area contributed by atoms with Gasteiger partial charge in [-0.1, -0.05) is 32.4 Å². The van der Waals surface area contributed by atoms with Crippen molar-refractivity contribution >= 4 is 10.8 Å². The minimum Gasteiger partial charge on any atom is -0.303 e. The molecule has 0 bridgehead atoms. The molecule has 2 heteroatoms. The molecule has 0 aliphatic carbocycles. The summed E-state index contributed by atoms with van der Waals surface area (Å²) in [5, 5.41) is 2.65. The van der Waals surface area contributed by atoms with E-state index in [0.717, 1.165) is 6.42 Å². The first-order valence-electron chi connectivity index (χ1n) is 8.34. The first-order valence-corrected chi connectivity index (χ1v) is 8.34. The van der Waals surface area contributed by atoms with Crippen molar-refractivity contribution in [3.8, 4) is 0 Å². The van der Waals surface area contributed by atoms with Crippen molar-refractivity contribution in [1.29, 1.82) is 0 Å². The highest BCUT2D eigenvalue weighted by Gasteiger charge is 2.11. The molecular weight excluding hydrogens is 256 g/mol. The van der Waals surface area contributed by atoms with Gasteiger partial charge in [0.05, 0.1) is 5.69 Å². The zero-order valence-electron chi connectivity index (χ0n) is 13.3. The Hall–Kier alpha value is -1.41. The predicted octanol–water partition coefficient (Wildman–Crippen LogP) is 4.39. The SMILES string of the molecule is CC(C)c1nccc2ccc(CCN3CCCCC3)cc12. The number of benzene rings is 1. The summed E-state index contributed by atoms with van der Waals surface area (Å²) in [7, 11) is 0. The zero-order chi connectivity index (χ0) is 14.7. The number of aromatic nitrogens is 1. The fourth-order valence-corrected chi connectivity index (χ4v) is 3.32. The molecule has 2 aromatic rings. The summed E-state index contributed by atoms with van der Waals surface area (Å²) < 4.78 is 0. The maximum atomic E-state index is 4.59. The smallest absolute Gasteiger partial charge is 0.0507 e. The van der Waals surface area contributed by atoms with Crippen LogP contribution in [0.25, 0.3) is 10.8 Å².